The van der Waals surface area contributed by atoms with E-state index in [1.54, 1.807) is 0 Å². The van der Waals surface area contributed by atoms with Crippen LogP contribution in [0.1, 0.15) is 55.6 Å². The molecule has 618 valence electrons. The molecular weight excluding hydrogens is 1640 g/mol. The van der Waals surface area contributed by atoms with Crippen LogP contribution in [0.5, 0.6) is 0 Å². The molecule has 5 aliphatic heterocycles. The number of aliphatic imine (C=N–C) groups is 2. The first-order valence-electron chi connectivity index (χ1n) is 44.2. The Bertz CT molecular complexity index is 7980. The Kier molecular flexibility index (Phi) is 17.3. The SMILES string of the molecule is CN1C(c2cccc(-c3ccc4c(c3)N(c3ccccc3)c3ccc5c(c3S4=O)-c3ccccc3C53c4ccccc4N(c4nc(-c5ccccc5)nc(-c5ccc(-c6ccccc6)cc5)n4)c4ccccc43)c2)=NC(c2ccc(-c3ccccc3)cc2)=NC1N1c2ccccc2C2(c3ccccc3-c3c2ccc2c3N(c3ccccc3)c3ccccc3S2=O)c2ccccc21. The summed E-state index contributed by atoms with van der Waals surface area (Å²) in [5, 5.41) is 0. The Labute approximate surface area is 763 Å². The van der Waals surface area contributed by atoms with Gasteiger partial charge in [-0.15, -0.1) is 0 Å². The lowest BCUT2D eigenvalue weighted by atomic mass is 9.64. The molecule has 0 N–H and O–H groups in total. The number of aromatic nitrogens is 3. The molecule has 18 aromatic carbocycles. The van der Waals surface area contributed by atoms with Gasteiger partial charge in [0.2, 0.25) is 12.2 Å². The lowest BCUT2D eigenvalue weighted by molar-refractivity contribution is 0.373. The number of nitrogens with zero attached hydrogens (tertiary/aromatic N) is 10. The average molecular weight is 1720 g/mol. The topological polar surface area (TPSA) is 114 Å². The van der Waals surface area contributed by atoms with Crippen LogP contribution in [0, 0.1) is 0 Å². The summed E-state index contributed by atoms with van der Waals surface area (Å²) in [7, 11) is -1.10. The second-order valence-corrected chi connectivity index (χ2v) is 36.8. The highest BCUT2D eigenvalue weighted by Crippen LogP contribution is 2.69. The fraction of sp³-hybridized carbons (Fsp3) is 0.0342. The highest BCUT2D eigenvalue weighted by molar-refractivity contribution is 7.86. The molecule has 7 aliphatic rings. The van der Waals surface area contributed by atoms with E-state index in [1.807, 2.05) is 48.5 Å². The zero-order chi connectivity index (χ0) is 86.7. The van der Waals surface area contributed by atoms with Crippen molar-refractivity contribution in [1.29, 1.82) is 0 Å². The first-order chi connectivity index (χ1) is 64.8. The molecule has 2 spiro atoms. The van der Waals surface area contributed by atoms with Crippen molar-refractivity contribution in [1.82, 2.24) is 19.9 Å². The summed E-state index contributed by atoms with van der Waals surface area (Å²) in [6.07, 6.45) is -0.694. The van der Waals surface area contributed by atoms with Gasteiger partial charge in [0.05, 0.1) is 86.1 Å². The zero-order valence-corrected chi connectivity index (χ0v) is 72.4. The fourth-order valence-corrected chi connectivity index (χ4v) is 24.6. The molecule has 3 unspecified atom stereocenters. The Balaban J connectivity index is 0.596. The minimum absolute atomic E-state index is 0.482. The van der Waals surface area contributed by atoms with Gasteiger partial charge in [-0.2, -0.15) is 9.97 Å². The third-order valence-electron chi connectivity index (χ3n) is 27.3. The number of amidine groups is 2. The van der Waals surface area contributed by atoms with Gasteiger partial charge in [0, 0.05) is 63.2 Å². The number of hydrogen-bond donors (Lipinski definition) is 0. The van der Waals surface area contributed by atoms with Gasteiger partial charge in [0.25, 0.3) is 0 Å². The molecule has 1 aromatic heterocycles. The Hall–Kier alpha value is -16.4. The summed E-state index contributed by atoms with van der Waals surface area (Å²) in [6, 6.07) is 154. The van der Waals surface area contributed by atoms with E-state index in [0.717, 1.165) is 200 Å². The molecule has 6 heterocycles. The van der Waals surface area contributed by atoms with Gasteiger partial charge < -0.3 is 19.6 Å². The Morgan fingerprint density at radius 3 is 1.27 bits per heavy atom. The monoisotopic (exact) mass is 1720 g/mol. The summed E-state index contributed by atoms with van der Waals surface area (Å²) in [4.78, 5) is 42.2. The summed E-state index contributed by atoms with van der Waals surface area (Å²) in [6.45, 7) is 0. The van der Waals surface area contributed by atoms with Crippen LogP contribution in [-0.2, 0) is 32.4 Å². The van der Waals surface area contributed by atoms with Crippen LogP contribution in [0.25, 0.3) is 78.4 Å². The van der Waals surface area contributed by atoms with Crippen LogP contribution in [-0.4, -0.2) is 53.3 Å². The van der Waals surface area contributed by atoms with Crippen LogP contribution in [0.4, 0.5) is 62.8 Å². The van der Waals surface area contributed by atoms with Crippen LogP contribution in [0.2, 0.25) is 0 Å². The smallest absolute Gasteiger partial charge is 0.238 e. The maximum atomic E-state index is 16.9. The van der Waals surface area contributed by atoms with Gasteiger partial charge in [0.15, 0.2) is 17.5 Å². The molecule has 0 bridgehead atoms. The van der Waals surface area contributed by atoms with Gasteiger partial charge in [-0.1, -0.05) is 346 Å². The Morgan fingerprint density at radius 1 is 0.275 bits per heavy atom. The first-order valence-corrected chi connectivity index (χ1v) is 46.5. The van der Waals surface area contributed by atoms with E-state index in [1.165, 1.54) is 0 Å². The van der Waals surface area contributed by atoms with E-state index in [-0.39, 0.29) is 0 Å². The molecule has 14 heteroatoms. The minimum Gasteiger partial charge on any atom is -0.320 e. The largest absolute Gasteiger partial charge is 0.320 e. The summed E-state index contributed by atoms with van der Waals surface area (Å²) in [5.74, 6) is 2.90. The van der Waals surface area contributed by atoms with Crippen molar-refractivity contribution in [2.45, 2.75) is 36.7 Å². The zero-order valence-electron chi connectivity index (χ0n) is 70.8. The standard InChI is InChI=1S/C117H76N10O2S2/c1-123-113(119-112(80-64-60-77(61-65-80)75-34-9-3-10-35-75)122-115(123)127-98-54-27-23-50-92(98)116(93-51-24-28-55-99(93)127)88-46-19-17-44-86(88)106-94(116)68-71-105-108(106)125(85-42-15-6-16-43-85)100-56-29-30-57-103(100)130(105)128)83-39-31-38-81(72-83)82-66-70-104-102(73-82)124(84-40-13-5-14-41-84)101-69-67-95-107(109(101)131(104)129)87-45-18-20-47-89(87)117(95)90-48-21-25-52-96(90)126(97-53-26-22-49-91(97)117)114-120-110(78-36-11-4-12-37-78)118-111(121-114)79-62-58-76(59-63-79)74-32-7-2-8-33-74/h2-73,115H,1H3. The van der Waals surface area contributed by atoms with E-state index in [0.29, 0.717) is 28.3 Å². The number of hydrogen-bond acceptors (Lipinski definition) is 12. The maximum Gasteiger partial charge on any atom is 0.238 e. The molecular formula is C117H76N10O2S2. The quantitative estimate of drug-likeness (QED) is 0.124. The van der Waals surface area contributed by atoms with Crippen LogP contribution >= 0.6 is 0 Å². The molecule has 2 aliphatic carbocycles. The lowest BCUT2D eigenvalue weighted by Crippen LogP contribution is -2.52. The highest BCUT2D eigenvalue weighted by Gasteiger charge is 2.57. The van der Waals surface area contributed by atoms with Crippen LogP contribution in [0.3, 0.4) is 0 Å². The third kappa shape index (κ3) is 11.3. The van der Waals surface area contributed by atoms with Crippen molar-refractivity contribution in [2.24, 2.45) is 9.98 Å². The fourth-order valence-electron chi connectivity index (χ4n) is 21.7. The number of rotatable bonds is 11. The maximum absolute atomic E-state index is 16.9. The van der Waals surface area contributed by atoms with Crippen LogP contribution < -0.4 is 19.6 Å². The van der Waals surface area contributed by atoms with Crippen molar-refractivity contribution < 1.29 is 8.42 Å². The van der Waals surface area contributed by atoms with Gasteiger partial charge >= 0.3 is 0 Å². The van der Waals surface area contributed by atoms with Crippen molar-refractivity contribution in [2.75, 3.05) is 26.6 Å². The summed E-state index contributed by atoms with van der Waals surface area (Å²) >= 11 is 0. The predicted octanol–water partition coefficient (Wildman–Crippen LogP) is 27.2. The van der Waals surface area contributed by atoms with E-state index < -0.39 is 38.7 Å². The van der Waals surface area contributed by atoms with Crippen molar-refractivity contribution >= 4 is 96.1 Å². The molecule has 0 amide bonds. The second-order valence-electron chi connectivity index (χ2n) is 34.0. The molecule has 0 fully saturated rings. The minimum atomic E-state index is -1.73. The van der Waals surface area contributed by atoms with E-state index in [2.05, 4.69) is 420 Å². The molecule has 19 aromatic rings. The summed E-state index contributed by atoms with van der Waals surface area (Å²) < 4.78 is 32.2. The average Bonchev–Trinajstić information content (AvgIpc) is 1.52. The number of fused-ring (bicyclic) bond motifs is 24. The third-order valence-corrected chi connectivity index (χ3v) is 30.3. The van der Waals surface area contributed by atoms with Crippen LogP contribution in [0.15, 0.2) is 466 Å². The van der Waals surface area contributed by atoms with Crippen molar-refractivity contribution in [3.63, 3.8) is 0 Å². The molecule has 0 saturated carbocycles. The van der Waals surface area contributed by atoms with E-state index in [4.69, 9.17) is 24.9 Å². The Morgan fingerprint density at radius 2 is 0.679 bits per heavy atom. The number of anilines is 11. The van der Waals surface area contributed by atoms with E-state index in [9.17, 15) is 0 Å². The number of para-hydroxylation sites is 7. The van der Waals surface area contributed by atoms with Crippen molar-refractivity contribution in [3.05, 3.63) is 492 Å². The molecule has 3 atom stereocenters. The van der Waals surface area contributed by atoms with Gasteiger partial charge in [0.1, 0.15) is 5.84 Å². The molecule has 12 nitrogen and oxygen atoms in total. The molecule has 131 heavy (non-hydrogen) atoms. The van der Waals surface area contributed by atoms with Gasteiger partial charge in [-0.05, 0) is 180 Å². The number of benzene rings is 18. The second kappa shape index (κ2) is 29.9. The lowest BCUT2D eigenvalue weighted by Gasteiger charge is -2.49. The summed E-state index contributed by atoms with van der Waals surface area (Å²) in [5.41, 5.74) is 30.0. The van der Waals surface area contributed by atoms with E-state index >= 15 is 8.42 Å². The highest BCUT2D eigenvalue weighted by atomic mass is 32.2. The molecule has 0 saturated heterocycles. The first kappa shape index (κ1) is 75.9. The molecule has 0 radical (unpaired) electrons. The van der Waals surface area contributed by atoms with Gasteiger partial charge in [-0.3, -0.25) is 4.90 Å². The molecule has 26 rings (SSSR count). The normalized spacial score (nSPS) is 16.1. The van der Waals surface area contributed by atoms with Gasteiger partial charge in [-0.25, -0.2) is 23.4 Å². The predicted molar refractivity (Wildman–Crippen MR) is 528 cm³/mol. The van der Waals surface area contributed by atoms with Crippen molar-refractivity contribution in [3.8, 4) is 78.4 Å².